The fourth-order valence-corrected chi connectivity index (χ4v) is 4.33. The molecule has 5 nitrogen and oxygen atoms in total. The number of para-hydroxylation sites is 1. The average molecular weight is 442 g/mol. The molecule has 0 saturated heterocycles. The van der Waals surface area contributed by atoms with Gasteiger partial charge in [0.2, 0.25) is 0 Å². The molecule has 3 aromatic carbocycles. The highest BCUT2D eigenvalue weighted by Gasteiger charge is 2.33. The highest BCUT2D eigenvalue weighted by Crippen LogP contribution is 2.37. The van der Waals surface area contributed by atoms with Gasteiger partial charge in [-0.05, 0) is 72.6 Å². The average Bonchev–Trinajstić information content (AvgIpc) is 3.26. The van der Waals surface area contributed by atoms with Crippen molar-refractivity contribution < 1.29 is 13.9 Å². The minimum Gasteiger partial charge on any atom is -0.494 e. The van der Waals surface area contributed by atoms with Crippen molar-refractivity contribution in [1.29, 1.82) is 0 Å². The van der Waals surface area contributed by atoms with E-state index in [1.807, 2.05) is 72.6 Å². The van der Waals surface area contributed by atoms with Gasteiger partial charge in [0.15, 0.2) is 0 Å². The number of nitrogens with one attached hydrogen (secondary N) is 1. The van der Waals surface area contributed by atoms with E-state index in [2.05, 4.69) is 16.0 Å². The molecule has 0 saturated carbocycles. The molecule has 0 aliphatic carbocycles. The van der Waals surface area contributed by atoms with Gasteiger partial charge in [0.1, 0.15) is 11.6 Å². The van der Waals surface area contributed by atoms with Gasteiger partial charge in [-0.25, -0.2) is 9.18 Å². The summed E-state index contributed by atoms with van der Waals surface area (Å²) in [7, 11) is 0. The van der Waals surface area contributed by atoms with Crippen molar-refractivity contribution in [2.45, 2.75) is 19.5 Å². The van der Waals surface area contributed by atoms with Gasteiger partial charge in [-0.15, -0.1) is 0 Å². The van der Waals surface area contributed by atoms with Crippen LogP contribution in [0.25, 0.3) is 5.69 Å². The normalized spacial score (nSPS) is 14.7. The maximum absolute atomic E-state index is 13.6. The van der Waals surface area contributed by atoms with E-state index < -0.39 is 0 Å². The molecule has 0 fully saturated rings. The monoisotopic (exact) mass is 441 g/mol. The summed E-state index contributed by atoms with van der Waals surface area (Å²) in [6, 6.07) is 25.2. The van der Waals surface area contributed by atoms with Crippen LogP contribution in [0.1, 0.15) is 29.8 Å². The molecule has 0 bridgehead atoms. The Bertz CT molecular complexity index is 1270. The van der Waals surface area contributed by atoms with Gasteiger partial charge >= 0.3 is 6.03 Å². The number of carbonyl (C=O) groups excluding carboxylic acids is 1. The molecule has 1 aromatic heterocycles. The molecule has 5 rings (SSSR count). The quantitative estimate of drug-likeness (QED) is 0.413. The van der Waals surface area contributed by atoms with Crippen LogP contribution in [0.4, 0.5) is 14.9 Å². The minimum absolute atomic E-state index is 0.259. The van der Waals surface area contributed by atoms with Gasteiger partial charge < -0.3 is 19.5 Å². The Morgan fingerprint density at radius 3 is 2.52 bits per heavy atom. The van der Waals surface area contributed by atoms with E-state index >= 15 is 0 Å². The Balaban J connectivity index is 1.59. The van der Waals surface area contributed by atoms with Crippen molar-refractivity contribution in [3.8, 4) is 11.4 Å². The van der Waals surface area contributed by atoms with E-state index in [0.717, 1.165) is 28.3 Å². The number of anilines is 1. The summed E-state index contributed by atoms with van der Waals surface area (Å²) in [4.78, 5) is 15.4. The Kier molecular flexibility index (Phi) is 5.57. The lowest BCUT2D eigenvalue weighted by atomic mass is 10.0. The number of amides is 2. The predicted octanol–water partition coefficient (Wildman–Crippen LogP) is 6.15. The molecule has 2 amide bonds. The smallest absolute Gasteiger partial charge is 0.322 e. The highest BCUT2D eigenvalue weighted by atomic mass is 19.1. The number of ether oxygens (including phenoxy) is 1. The van der Waals surface area contributed by atoms with E-state index in [4.69, 9.17) is 4.74 Å². The summed E-state index contributed by atoms with van der Waals surface area (Å²) >= 11 is 0. The van der Waals surface area contributed by atoms with Crippen LogP contribution < -0.4 is 10.1 Å². The van der Waals surface area contributed by atoms with Gasteiger partial charge in [0, 0.05) is 17.6 Å². The fourth-order valence-electron chi connectivity index (χ4n) is 4.33. The van der Waals surface area contributed by atoms with E-state index in [1.165, 1.54) is 12.1 Å². The van der Waals surface area contributed by atoms with Gasteiger partial charge in [-0.3, -0.25) is 0 Å². The first-order valence-electron chi connectivity index (χ1n) is 11.0. The molecule has 1 aliphatic heterocycles. The number of rotatable bonds is 4. The van der Waals surface area contributed by atoms with Crippen molar-refractivity contribution in [1.82, 2.24) is 9.47 Å². The molecule has 0 radical (unpaired) electrons. The van der Waals surface area contributed by atoms with Crippen molar-refractivity contribution in [3.63, 3.8) is 0 Å². The van der Waals surface area contributed by atoms with Crippen LogP contribution in [-0.4, -0.2) is 22.1 Å². The minimum atomic E-state index is -0.346. The zero-order valence-electron chi connectivity index (χ0n) is 18.2. The Hall–Kier alpha value is -4.06. The van der Waals surface area contributed by atoms with Crippen LogP contribution in [0.5, 0.6) is 5.75 Å². The Morgan fingerprint density at radius 2 is 1.76 bits per heavy atom. The SMILES string of the molecule is CCOc1ccc(C2c3cccn3-c3ccccc3CN2C(=O)Nc2ccc(F)cc2)cc1. The summed E-state index contributed by atoms with van der Waals surface area (Å²) in [5.74, 6) is 0.442. The molecule has 2 heterocycles. The lowest BCUT2D eigenvalue weighted by Crippen LogP contribution is -2.37. The number of hydrogen-bond donors (Lipinski definition) is 1. The summed E-state index contributed by atoms with van der Waals surface area (Å²) in [6.07, 6.45) is 2.02. The molecule has 1 unspecified atom stereocenters. The molecule has 0 spiro atoms. The topological polar surface area (TPSA) is 46.5 Å². The second-order valence-electron chi connectivity index (χ2n) is 7.90. The summed E-state index contributed by atoms with van der Waals surface area (Å²) in [5.41, 5.74) is 4.58. The second-order valence-corrected chi connectivity index (χ2v) is 7.90. The number of aromatic nitrogens is 1. The standard InChI is InChI=1S/C27H24FN3O2/c1-2-33-23-15-9-19(10-16-23)26-25-8-5-17-30(25)24-7-4-3-6-20(24)18-31(26)27(32)29-22-13-11-21(28)12-14-22/h3-17,26H,2,18H2,1H3,(H,29,32). The number of hydrogen-bond acceptors (Lipinski definition) is 2. The van der Waals surface area contributed by atoms with Crippen LogP contribution in [0.2, 0.25) is 0 Å². The molecule has 6 heteroatoms. The van der Waals surface area contributed by atoms with E-state index in [1.54, 1.807) is 12.1 Å². The number of urea groups is 1. The molecule has 1 N–H and O–H groups in total. The molecule has 4 aromatic rings. The summed E-state index contributed by atoms with van der Waals surface area (Å²) < 4.78 is 21.1. The van der Waals surface area contributed by atoms with Gasteiger partial charge in [-0.1, -0.05) is 30.3 Å². The second kappa shape index (κ2) is 8.82. The lowest BCUT2D eigenvalue weighted by molar-refractivity contribution is 0.194. The number of fused-ring (bicyclic) bond motifs is 3. The van der Waals surface area contributed by atoms with E-state index in [-0.39, 0.29) is 17.9 Å². The lowest BCUT2D eigenvalue weighted by Gasteiger charge is -2.31. The van der Waals surface area contributed by atoms with Crippen LogP contribution in [0, 0.1) is 5.82 Å². The molecule has 1 aliphatic rings. The van der Waals surface area contributed by atoms with E-state index in [9.17, 15) is 9.18 Å². The number of benzene rings is 3. The van der Waals surface area contributed by atoms with Crippen molar-refractivity contribution >= 4 is 11.7 Å². The van der Waals surface area contributed by atoms with Gasteiger partial charge in [0.25, 0.3) is 0 Å². The highest BCUT2D eigenvalue weighted by molar-refractivity contribution is 5.90. The molecule has 1 atom stereocenters. The third-order valence-electron chi connectivity index (χ3n) is 5.83. The first-order chi connectivity index (χ1) is 16.1. The molecule has 33 heavy (non-hydrogen) atoms. The maximum atomic E-state index is 13.6. The third-order valence-corrected chi connectivity index (χ3v) is 5.83. The van der Waals surface area contributed by atoms with Gasteiger partial charge in [0.05, 0.1) is 24.9 Å². The number of carbonyl (C=O) groups is 1. The molecular formula is C27H24FN3O2. The Labute approximate surface area is 192 Å². The third kappa shape index (κ3) is 4.07. The van der Waals surface area contributed by atoms with Crippen LogP contribution in [0.15, 0.2) is 91.1 Å². The van der Waals surface area contributed by atoms with Crippen molar-refractivity contribution in [3.05, 3.63) is 114 Å². The molecular weight excluding hydrogens is 417 g/mol. The number of nitrogens with zero attached hydrogens (tertiary/aromatic N) is 2. The first kappa shape index (κ1) is 20.8. The summed E-state index contributed by atoms with van der Waals surface area (Å²) in [5, 5.41) is 2.94. The maximum Gasteiger partial charge on any atom is 0.322 e. The zero-order valence-corrected chi connectivity index (χ0v) is 18.2. The first-order valence-corrected chi connectivity index (χ1v) is 11.0. The van der Waals surface area contributed by atoms with E-state index in [0.29, 0.717) is 18.8 Å². The van der Waals surface area contributed by atoms with Gasteiger partial charge in [-0.2, -0.15) is 0 Å². The number of halogens is 1. The zero-order chi connectivity index (χ0) is 22.8. The van der Waals surface area contributed by atoms with Crippen LogP contribution in [-0.2, 0) is 6.54 Å². The van der Waals surface area contributed by atoms with Crippen LogP contribution >= 0.6 is 0 Å². The Morgan fingerprint density at radius 1 is 1.00 bits per heavy atom. The van der Waals surface area contributed by atoms with Crippen LogP contribution in [0.3, 0.4) is 0 Å². The van der Waals surface area contributed by atoms with Crippen molar-refractivity contribution in [2.75, 3.05) is 11.9 Å². The predicted molar refractivity (Wildman–Crippen MR) is 126 cm³/mol. The molecule has 166 valence electrons. The van der Waals surface area contributed by atoms with Crippen molar-refractivity contribution in [2.24, 2.45) is 0 Å². The fraction of sp³-hybridized carbons (Fsp3) is 0.148. The largest absolute Gasteiger partial charge is 0.494 e. The summed E-state index contributed by atoms with van der Waals surface area (Å²) in [6.45, 7) is 2.96.